The van der Waals surface area contributed by atoms with Crippen molar-refractivity contribution in [3.05, 3.63) is 77.9 Å². The van der Waals surface area contributed by atoms with E-state index in [0.717, 1.165) is 26.9 Å². The van der Waals surface area contributed by atoms with Gasteiger partial charge in [-0.3, -0.25) is 0 Å². The Balaban J connectivity index is 1.97. The first kappa shape index (κ1) is 19.2. The average molecular weight is 474 g/mol. The van der Waals surface area contributed by atoms with Crippen LogP contribution in [0.1, 0.15) is 15.9 Å². The molecule has 0 amide bonds. The highest BCUT2D eigenvalue weighted by molar-refractivity contribution is 14.1. The van der Waals surface area contributed by atoms with Gasteiger partial charge in [0.25, 0.3) is 0 Å². The normalized spacial score (nSPS) is 10.4. The molecule has 0 radical (unpaired) electrons. The fourth-order valence-corrected chi connectivity index (χ4v) is 2.99. The summed E-state index contributed by atoms with van der Waals surface area (Å²) in [5.41, 5.74) is 3.08. The van der Waals surface area contributed by atoms with Crippen LogP contribution in [-0.2, 0) is 0 Å². The molecule has 0 aliphatic heterocycles. The second-order valence-corrected chi connectivity index (χ2v) is 7.02. The molecular weight excluding hydrogens is 455 g/mol. The van der Waals surface area contributed by atoms with E-state index in [0.29, 0.717) is 18.1 Å². The van der Waals surface area contributed by atoms with Crippen LogP contribution in [-0.4, -0.2) is 22.1 Å². The number of halogens is 1. The molecule has 0 atom stereocenters. The first-order valence-corrected chi connectivity index (χ1v) is 10.0. The Morgan fingerprint density at radius 1 is 1.00 bits per heavy atom. The molecule has 0 bridgehead atoms. The standard InChI is InChI=1S/C22H19IO4/c1-15-13-18(26-12-11-23)8-10-19(15)16-7-9-20(22(24)25)21(14-16)27-17-5-3-2-4-6-17/h2-10,13-14H,11-12H2,1H3,(H,24,25). The van der Waals surface area contributed by atoms with Crippen LogP contribution < -0.4 is 9.47 Å². The van der Waals surface area contributed by atoms with Gasteiger partial charge in [0.15, 0.2) is 0 Å². The Bertz CT molecular complexity index is 938. The minimum absolute atomic E-state index is 0.127. The highest BCUT2D eigenvalue weighted by atomic mass is 127. The minimum atomic E-state index is -1.02. The summed E-state index contributed by atoms with van der Waals surface area (Å²) in [4.78, 5) is 11.6. The SMILES string of the molecule is Cc1cc(OCCI)ccc1-c1ccc(C(=O)O)c(Oc2ccccc2)c1. The van der Waals surface area contributed by atoms with Crippen molar-refractivity contribution < 1.29 is 19.4 Å². The number of hydrogen-bond donors (Lipinski definition) is 1. The Hall–Kier alpha value is -2.54. The molecule has 3 aromatic carbocycles. The van der Waals surface area contributed by atoms with E-state index in [1.165, 1.54) is 0 Å². The minimum Gasteiger partial charge on any atom is -0.493 e. The van der Waals surface area contributed by atoms with Crippen LogP contribution in [0.5, 0.6) is 17.2 Å². The third-order valence-electron chi connectivity index (χ3n) is 4.04. The first-order valence-electron chi connectivity index (χ1n) is 8.48. The fraction of sp³-hybridized carbons (Fsp3) is 0.136. The molecule has 1 N–H and O–H groups in total. The van der Waals surface area contributed by atoms with Crippen LogP contribution in [0.3, 0.4) is 0 Å². The zero-order chi connectivity index (χ0) is 19.2. The maximum atomic E-state index is 11.6. The maximum Gasteiger partial charge on any atom is 0.339 e. The molecular formula is C22H19IO4. The number of benzene rings is 3. The molecule has 0 aromatic heterocycles. The van der Waals surface area contributed by atoms with E-state index < -0.39 is 5.97 Å². The number of aryl methyl sites for hydroxylation is 1. The fourth-order valence-electron chi connectivity index (χ4n) is 2.77. The molecule has 0 saturated heterocycles. The largest absolute Gasteiger partial charge is 0.493 e. The molecule has 0 saturated carbocycles. The van der Waals surface area contributed by atoms with E-state index in [1.54, 1.807) is 30.3 Å². The summed E-state index contributed by atoms with van der Waals surface area (Å²) < 4.78 is 12.4. The predicted octanol–water partition coefficient (Wildman–Crippen LogP) is 5.97. The van der Waals surface area contributed by atoms with Gasteiger partial charge in [0.2, 0.25) is 0 Å². The van der Waals surface area contributed by atoms with Gasteiger partial charge in [-0.2, -0.15) is 0 Å². The lowest BCUT2D eigenvalue weighted by atomic mass is 9.98. The van der Waals surface area contributed by atoms with E-state index in [1.807, 2.05) is 43.3 Å². The van der Waals surface area contributed by atoms with Crippen LogP contribution in [0.25, 0.3) is 11.1 Å². The van der Waals surface area contributed by atoms with Gasteiger partial charge in [-0.1, -0.05) is 52.9 Å². The first-order chi connectivity index (χ1) is 13.1. The Labute approximate surface area is 171 Å². The predicted molar refractivity (Wildman–Crippen MR) is 114 cm³/mol. The second kappa shape index (κ2) is 8.90. The summed E-state index contributed by atoms with van der Waals surface area (Å²) >= 11 is 2.27. The van der Waals surface area contributed by atoms with Crippen LogP contribution in [0, 0.1) is 6.92 Å². The van der Waals surface area contributed by atoms with Crippen molar-refractivity contribution in [3.8, 4) is 28.4 Å². The van der Waals surface area contributed by atoms with Crippen molar-refractivity contribution in [1.29, 1.82) is 0 Å². The van der Waals surface area contributed by atoms with Crippen LogP contribution >= 0.6 is 22.6 Å². The van der Waals surface area contributed by atoms with E-state index >= 15 is 0 Å². The summed E-state index contributed by atoms with van der Waals surface area (Å²) in [6.07, 6.45) is 0. The van der Waals surface area contributed by atoms with Gasteiger partial charge in [-0.15, -0.1) is 0 Å². The number of hydrogen-bond acceptors (Lipinski definition) is 3. The van der Waals surface area contributed by atoms with Gasteiger partial charge in [0.1, 0.15) is 22.8 Å². The van der Waals surface area contributed by atoms with Crippen LogP contribution in [0.2, 0.25) is 0 Å². The van der Waals surface area contributed by atoms with E-state index in [4.69, 9.17) is 9.47 Å². The quantitative estimate of drug-likeness (QED) is 0.339. The van der Waals surface area contributed by atoms with Crippen molar-refractivity contribution in [2.24, 2.45) is 0 Å². The Morgan fingerprint density at radius 2 is 1.78 bits per heavy atom. The molecule has 0 aliphatic carbocycles. The van der Waals surface area contributed by atoms with Crippen molar-refractivity contribution in [3.63, 3.8) is 0 Å². The van der Waals surface area contributed by atoms with Crippen molar-refractivity contribution >= 4 is 28.6 Å². The maximum absolute atomic E-state index is 11.6. The lowest BCUT2D eigenvalue weighted by molar-refractivity contribution is 0.0694. The van der Waals surface area contributed by atoms with Gasteiger partial charge in [0, 0.05) is 4.43 Å². The van der Waals surface area contributed by atoms with E-state index in [-0.39, 0.29) is 5.56 Å². The molecule has 0 aliphatic rings. The third-order valence-corrected chi connectivity index (χ3v) is 4.48. The molecule has 0 unspecified atom stereocenters. The third kappa shape index (κ3) is 4.80. The van der Waals surface area contributed by atoms with Gasteiger partial charge in [-0.25, -0.2) is 4.79 Å². The van der Waals surface area contributed by atoms with Gasteiger partial charge < -0.3 is 14.6 Å². The molecule has 4 nitrogen and oxygen atoms in total. The lowest BCUT2D eigenvalue weighted by Crippen LogP contribution is -2.01. The molecule has 0 spiro atoms. The molecule has 27 heavy (non-hydrogen) atoms. The van der Waals surface area contributed by atoms with Crippen molar-refractivity contribution in [2.75, 3.05) is 11.0 Å². The summed E-state index contributed by atoms with van der Waals surface area (Å²) in [7, 11) is 0. The molecule has 3 aromatic rings. The zero-order valence-corrected chi connectivity index (χ0v) is 17.0. The van der Waals surface area contributed by atoms with Gasteiger partial charge in [-0.05, 0) is 60.0 Å². The second-order valence-electron chi connectivity index (χ2n) is 5.95. The number of aromatic carboxylic acids is 1. The van der Waals surface area contributed by atoms with E-state index in [2.05, 4.69) is 22.6 Å². The smallest absolute Gasteiger partial charge is 0.339 e. The van der Waals surface area contributed by atoms with Gasteiger partial charge >= 0.3 is 5.97 Å². The Morgan fingerprint density at radius 3 is 2.44 bits per heavy atom. The lowest BCUT2D eigenvalue weighted by Gasteiger charge is -2.13. The number of ether oxygens (including phenoxy) is 2. The molecule has 5 heteroatoms. The molecule has 0 heterocycles. The number of para-hydroxylation sites is 1. The number of alkyl halides is 1. The van der Waals surface area contributed by atoms with Crippen molar-refractivity contribution in [1.82, 2.24) is 0 Å². The number of rotatable bonds is 7. The van der Waals surface area contributed by atoms with E-state index in [9.17, 15) is 9.90 Å². The number of carboxylic acids is 1. The summed E-state index contributed by atoms with van der Waals surface area (Å²) in [6.45, 7) is 2.68. The van der Waals surface area contributed by atoms with Gasteiger partial charge in [0.05, 0.1) is 6.61 Å². The summed E-state index contributed by atoms with van der Waals surface area (Å²) in [5, 5.41) is 9.48. The number of carbonyl (C=O) groups is 1. The Kier molecular flexibility index (Phi) is 6.34. The molecule has 0 fully saturated rings. The average Bonchev–Trinajstić information content (AvgIpc) is 2.67. The molecule has 138 valence electrons. The number of carboxylic acid groups (broad SMARTS) is 1. The monoisotopic (exact) mass is 474 g/mol. The zero-order valence-electron chi connectivity index (χ0n) is 14.8. The van der Waals surface area contributed by atoms with Crippen molar-refractivity contribution in [2.45, 2.75) is 6.92 Å². The van der Waals surface area contributed by atoms with Crippen LogP contribution in [0.15, 0.2) is 66.7 Å². The summed E-state index contributed by atoms with van der Waals surface area (Å²) in [5.74, 6) is 0.717. The highest BCUT2D eigenvalue weighted by Crippen LogP contribution is 2.33. The van der Waals surface area contributed by atoms with Crippen LogP contribution in [0.4, 0.5) is 0 Å². The molecule has 3 rings (SSSR count). The highest BCUT2D eigenvalue weighted by Gasteiger charge is 2.15. The topological polar surface area (TPSA) is 55.8 Å². The summed E-state index contributed by atoms with van der Waals surface area (Å²) in [6, 6.07) is 20.2.